The van der Waals surface area contributed by atoms with Crippen LogP contribution in [-0.2, 0) is 4.79 Å². The number of carbonyl (C=O) groups is 1. The molecule has 0 spiro atoms. The number of rotatable bonds is 3. The van der Waals surface area contributed by atoms with Crippen LogP contribution in [0.4, 0.5) is 0 Å². The average molecular weight is 300 g/mol. The lowest BCUT2D eigenvalue weighted by atomic mass is 10.1. The lowest BCUT2D eigenvalue weighted by molar-refractivity contribution is -0.143. The maximum atomic E-state index is 12.5. The highest BCUT2D eigenvalue weighted by atomic mass is 16.3. The van der Waals surface area contributed by atoms with Gasteiger partial charge >= 0.3 is 0 Å². The third kappa shape index (κ3) is 2.88. The number of aliphatic hydroxyl groups excluding tert-OH is 1. The van der Waals surface area contributed by atoms with E-state index in [2.05, 4.69) is 14.9 Å². The number of carbonyl (C=O) groups excluding carboxylic acids is 1. The lowest BCUT2D eigenvalue weighted by Crippen LogP contribution is -2.50. The highest BCUT2D eigenvalue weighted by Gasteiger charge is 2.32. The quantitative estimate of drug-likeness (QED) is 0.885. The van der Waals surface area contributed by atoms with Gasteiger partial charge in [0.15, 0.2) is 6.10 Å². The second kappa shape index (κ2) is 6.29. The van der Waals surface area contributed by atoms with E-state index in [9.17, 15) is 9.90 Å². The number of imidazole rings is 1. The minimum absolute atomic E-state index is 0.0238. The molecule has 2 aromatic rings. The van der Waals surface area contributed by atoms with E-state index in [1.807, 2.05) is 25.2 Å². The zero-order valence-corrected chi connectivity index (χ0v) is 12.5. The van der Waals surface area contributed by atoms with Gasteiger partial charge in [0.25, 0.3) is 5.91 Å². The summed E-state index contributed by atoms with van der Waals surface area (Å²) in [6, 6.07) is 9.06. The van der Waals surface area contributed by atoms with E-state index in [1.165, 1.54) is 0 Å². The number of aromatic nitrogens is 2. The van der Waals surface area contributed by atoms with Gasteiger partial charge in [0, 0.05) is 32.0 Å². The number of aliphatic hydroxyl groups is 1. The summed E-state index contributed by atoms with van der Waals surface area (Å²) in [5.74, 6) is 0.588. The minimum atomic E-state index is -1.11. The summed E-state index contributed by atoms with van der Waals surface area (Å²) < 4.78 is 0. The van der Waals surface area contributed by atoms with Crippen molar-refractivity contribution in [1.82, 2.24) is 19.8 Å². The molecule has 0 saturated carbocycles. The number of piperazine rings is 1. The van der Waals surface area contributed by atoms with Gasteiger partial charge in [-0.05, 0) is 12.6 Å². The van der Waals surface area contributed by atoms with Crippen LogP contribution in [0.25, 0.3) is 0 Å². The number of hydrogen-bond acceptors (Lipinski definition) is 4. The molecular formula is C16H20N4O2. The van der Waals surface area contributed by atoms with Crippen molar-refractivity contribution in [3.63, 3.8) is 0 Å². The van der Waals surface area contributed by atoms with Gasteiger partial charge in [0.2, 0.25) is 0 Å². The van der Waals surface area contributed by atoms with Crippen molar-refractivity contribution in [2.45, 2.75) is 12.1 Å². The Hall–Kier alpha value is -2.18. The molecule has 116 valence electrons. The van der Waals surface area contributed by atoms with Gasteiger partial charge in [-0.15, -0.1) is 0 Å². The summed E-state index contributed by atoms with van der Waals surface area (Å²) in [6.45, 7) is 1.88. The van der Waals surface area contributed by atoms with Crippen molar-refractivity contribution in [2.24, 2.45) is 0 Å². The molecule has 0 radical (unpaired) electrons. The van der Waals surface area contributed by atoms with Crippen molar-refractivity contribution in [3.8, 4) is 0 Å². The molecule has 1 aromatic heterocycles. The summed E-state index contributed by atoms with van der Waals surface area (Å²) in [5, 5.41) is 10.3. The van der Waals surface area contributed by atoms with E-state index >= 15 is 0 Å². The normalized spacial score (nSPS) is 20.8. The number of aromatic amines is 1. The molecule has 2 atom stereocenters. The summed E-state index contributed by atoms with van der Waals surface area (Å²) >= 11 is 0. The smallest absolute Gasteiger partial charge is 0.256 e. The molecule has 2 N–H and O–H groups in total. The van der Waals surface area contributed by atoms with E-state index < -0.39 is 6.10 Å². The Morgan fingerprint density at radius 1 is 1.36 bits per heavy atom. The number of likely N-dealkylation sites (N-methyl/N-ethyl adjacent to an activating group) is 1. The number of benzene rings is 1. The number of amides is 1. The molecule has 1 aliphatic heterocycles. The molecule has 1 amide bonds. The largest absolute Gasteiger partial charge is 0.378 e. The number of hydrogen-bond donors (Lipinski definition) is 2. The van der Waals surface area contributed by atoms with Crippen molar-refractivity contribution >= 4 is 5.91 Å². The molecule has 1 aromatic carbocycles. The van der Waals surface area contributed by atoms with Gasteiger partial charge in [-0.3, -0.25) is 9.69 Å². The predicted molar refractivity (Wildman–Crippen MR) is 81.9 cm³/mol. The second-order valence-corrected chi connectivity index (χ2v) is 5.57. The van der Waals surface area contributed by atoms with E-state index in [0.29, 0.717) is 18.7 Å². The van der Waals surface area contributed by atoms with Crippen molar-refractivity contribution in [2.75, 3.05) is 26.7 Å². The second-order valence-electron chi connectivity index (χ2n) is 5.57. The van der Waals surface area contributed by atoms with Crippen molar-refractivity contribution in [1.29, 1.82) is 0 Å². The van der Waals surface area contributed by atoms with Gasteiger partial charge < -0.3 is 15.0 Å². The van der Waals surface area contributed by atoms with Gasteiger partial charge in [-0.1, -0.05) is 30.3 Å². The molecule has 3 rings (SSSR count). The van der Waals surface area contributed by atoms with Gasteiger partial charge in [0.05, 0.1) is 6.04 Å². The summed E-state index contributed by atoms with van der Waals surface area (Å²) in [6.07, 6.45) is 2.38. The van der Waals surface area contributed by atoms with Crippen LogP contribution in [-0.4, -0.2) is 57.5 Å². The van der Waals surface area contributed by atoms with E-state index in [1.54, 1.807) is 29.4 Å². The fourth-order valence-corrected chi connectivity index (χ4v) is 2.78. The van der Waals surface area contributed by atoms with E-state index in [0.717, 1.165) is 12.4 Å². The number of H-pyrrole nitrogens is 1. The van der Waals surface area contributed by atoms with Crippen molar-refractivity contribution < 1.29 is 9.90 Å². The fraction of sp³-hybridized carbons (Fsp3) is 0.375. The maximum Gasteiger partial charge on any atom is 0.256 e. The Morgan fingerprint density at radius 3 is 2.82 bits per heavy atom. The van der Waals surface area contributed by atoms with Crippen LogP contribution < -0.4 is 0 Å². The molecule has 0 aliphatic carbocycles. The van der Waals surface area contributed by atoms with Crippen LogP contribution in [0, 0.1) is 0 Å². The highest BCUT2D eigenvalue weighted by Crippen LogP contribution is 2.24. The first kappa shape index (κ1) is 14.7. The molecular weight excluding hydrogens is 280 g/mol. The maximum absolute atomic E-state index is 12.5. The van der Waals surface area contributed by atoms with Crippen LogP contribution >= 0.6 is 0 Å². The zero-order valence-electron chi connectivity index (χ0n) is 12.5. The standard InChI is InChI=1S/C16H20N4O2/c1-19-9-10-20(11-13(19)15-17-7-8-18-15)16(22)14(21)12-5-3-2-4-6-12/h2-8,13-14,21H,9-11H2,1H3,(H,17,18). The Balaban J connectivity index is 1.73. The monoisotopic (exact) mass is 300 g/mol. The predicted octanol–water partition coefficient (Wildman–Crippen LogP) is 0.958. The van der Waals surface area contributed by atoms with Crippen LogP contribution in [0.5, 0.6) is 0 Å². The SMILES string of the molecule is CN1CCN(C(=O)C(O)c2ccccc2)CC1c1ncc[nH]1. The highest BCUT2D eigenvalue weighted by molar-refractivity contribution is 5.82. The zero-order chi connectivity index (χ0) is 15.5. The fourth-order valence-electron chi connectivity index (χ4n) is 2.78. The number of nitrogens with zero attached hydrogens (tertiary/aromatic N) is 3. The Labute approximate surface area is 129 Å². The first-order valence-corrected chi connectivity index (χ1v) is 7.38. The molecule has 1 aliphatic rings. The molecule has 0 bridgehead atoms. The van der Waals surface area contributed by atoms with Crippen LogP contribution in [0.15, 0.2) is 42.7 Å². The van der Waals surface area contributed by atoms with E-state index in [-0.39, 0.29) is 11.9 Å². The summed E-state index contributed by atoms with van der Waals surface area (Å²) in [5.41, 5.74) is 0.626. The third-order valence-corrected chi connectivity index (χ3v) is 4.14. The molecule has 2 unspecified atom stereocenters. The molecule has 1 fully saturated rings. The van der Waals surface area contributed by atoms with Crippen molar-refractivity contribution in [3.05, 3.63) is 54.1 Å². The Bertz CT molecular complexity index is 614. The molecule has 6 nitrogen and oxygen atoms in total. The lowest BCUT2D eigenvalue weighted by Gasteiger charge is -2.39. The molecule has 1 saturated heterocycles. The molecule has 6 heteroatoms. The van der Waals surface area contributed by atoms with Crippen LogP contribution in [0.3, 0.4) is 0 Å². The first-order valence-electron chi connectivity index (χ1n) is 7.38. The average Bonchev–Trinajstić information content (AvgIpc) is 3.09. The topological polar surface area (TPSA) is 72.5 Å². The molecule has 2 heterocycles. The summed E-state index contributed by atoms with van der Waals surface area (Å²) in [7, 11) is 2.02. The Kier molecular flexibility index (Phi) is 4.22. The van der Waals surface area contributed by atoms with Crippen LogP contribution in [0.2, 0.25) is 0 Å². The summed E-state index contributed by atoms with van der Waals surface area (Å²) in [4.78, 5) is 23.8. The molecule has 22 heavy (non-hydrogen) atoms. The third-order valence-electron chi connectivity index (χ3n) is 4.14. The van der Waals surface area contributed by atoms with E-state index in [4.69, 9.17) is 0 Å². The van der Waals surface area contributed by atoms with Crippen LogP contribution in [0.1, 0.15) is 23.5 Å². The van der Waals surface area contributed by atoms with Gasteiger partial charge in [-0.25, -0.2) is 4.98 Å². The first-order chi connectivity index (χ1) is 10.7. The van der Waals surface area contributed by atoms with Gasteiger partial charge in [-0.2, -0.15) is 0 Å². The number of nitrogens with one attached hydrogen (secondary N) is 1. The van der Waals surface area contributed by atoms with Gasteiger partial charge in [0.1, 0.15) is 5.82 Å². The minimum Gasteiger partial charge on any atom is -0.378 e. The Morgan fingerprint density at radius 2 is 2.14 bits per heavy atom.